The predicted octanol–water partition coefficient (Wildman–Crippen LogP) is -1.78. The van der Waals surface area contributed by atoms with Crippen molar-refractivity contribution < 1.29 is 37.8 Å². The quantitative estimate of drug-likeness (QED) is 0.421. The molecule has 2 fully saturated rings. The minimum absolute atomic E-state index is 0.806. The van der Waals surface area contributed by atoms with Gasteiger partial charge in [0.25, 0.3) is 0 Å². The maximum atomic E-state index is 8.83. The second-order valence-corrected chi connectivity index (χ2v) is 6.60. The van der Waals surface area contributed by atoms with E-state index in [4.69, 9.17) is 41.8 Å². The van der Waals surface area contributed by atoms with Crippen LogP contribution >= 0.6 is 23.2 Å². The van der Waals surface area contributed by atoms with Gasteiger partial charge >= 0.3 is 28.9 Å². The summed E-state index contributed by atoms with van der Waals surface area (Å²) in [6, 6.07) is 0. The normalized spacial score (nSPS) is 35.2. The summed E-state index contributed by atoms with van der Waals surface area (Å²) in [6.07, 6.45) is 0. The molecule has 2 aliphatic heterocycles. The molecule has 0 aromatic carbocycles. The van der Waals surface area contributed by atoms with E-state index in [9.17, 15) is 0 Å². The van der Waals surface area contributed by atoms with Gasteiger partial charge in [-0.3, -0.25) is 8.97 Å². The summed E-state index contributed by atoms with van der Waals surface area (Å²) in [5, 5.41) is 0. The van der Waals surface area contributed by atoms with Gasteiger partial charge in [0, 0.05) is 0 Å². The Bertz CT molecular complexity index is 241. The number of fused-ring (bicyclic) bond motifs is 2. The van der Waals surface area contributed by atoms with Crippen LogP contribution < -0.4 is 4.66 Å². The molecule has 0 aliphatic carbocycles. The van der Waals surface area contributed by atoms with Crippen LogP contribution in [0.3, 0.4) is 0 Å². The number of rotatable bonds is 4. The van der Waals surface area contributed by atoms with Crippen molar-refractivity contribution in [1.82, 2.24) is 0 Å². The van der Waals surface area contributed by atoms with Crippen LogP contribution in [-0.4, -0.2) is 80.6 Å². The van der Waals surface area contributed by atoms with Crippen LogP contribution in [0.1, 0.15) is 0 Å². The van der Waals surface area contributed by atoms with Crippen molar-refractivity contribution in [3.05, 3.63) is 0 Å². The van der Waals surface area contributed by atoms with E-state index in [1.165, 1.54) is 41.8 Å². The van der Waals surface area contributed by atoms with Gasteiger partial charge in [-0.1, -0.05) is 0 Å². The van der Waals surface area contributed by atoms with Crippen LogP contribution in [0.15, 0.2) is 0 Å². The van der Waals surface area contributed by atoms with Crippen molar-refractivity contribution in [1.29, 1.82) is 0 Å². The van der Waals surface area contributed by atoms with Crippen molar-refractivity contribution in [3.8, 4) is 0 Å². The molecule has 0 aromatic rings. The van der Waals surface area contributed by atoms with Gasteiger partial charge in [-0.25, -0.2) is 0 Å². The zero-order valence-electron chi connectivity index (χ0n) is 10.1. The molecule has 2 saturated heterocycles. The molecule has 0 unspecified atom stereocenters. The third-order valence-electron chi connectivity index (χ3n) is 3.82. The number of quaternary nitrogens is 2. The molecule has 18 heavy (non-hydrogen) atoms. The van der Waals surface area contributed by atoms with Crippen molar-refractivity contribution >= 4 is 23.2 Å². The van der Waals surface area contributed by atoms with Gasteiger partial charge in [-0.05, 0) is 0 Å². The predicted molar refractivity (Wildman–Crippen MR) is 62.7 cm³/mol. The number of halogens is 3. The van der Waals surface area contributed by atoms with E-state index >= 15 is 0 Å². The summed E-state index contributed by atoms with van der Waals surface area (Å²) in [6.45, 7) is 8.90. The molecule has 110 valence electrons. The van der Waals surface area contributed by atoms with Crippen molar-refractivity contribution in [2.75, 3.05) is 57.7 Å². The second kappa shape index (κ2) is 6.39. The molecule has 2 aliphatic rings. The Morgan fingerprint density at radius 1 is 0.889 bits per heavy atom. The summed E-state index contributed by atoms with van der Waals surface area (Å²) in [5.41, 5.74) is 0. The van der Waals surface area contributed by atoms with Gasteiger partial charge < -0.3 is 0 Å². The molecule has 2 heterocycles. The summed E-state index contributed by atoms with van der Waals surface area (Å²) in [4.78, 5) is 0. The average Bonchev–Trinajstić information content (AvgIpc) is 2.71. The first-order valence-electron chi connectivity index (χ1n) is 5.73. The Balaban J connectivity index is 0.000000280. The fraction of sp³-hybridized carbons (Fsp3) is 1.00. The third-order valence-corrected chi connectivity index (χ3v) is 4.15. The molecule has 0 aromatic heterocycles. The van der Waals surface area contributed by atoms with E-state index in [0.717, 1.165) is 24.8 Å². The van der Waals surface area contributed by atoms with E-state index in [1.807, 2.05) is 0 Å². The summed E-state index contributed by atoms with van der Waals surface area (Å²) < 4.78 is 32.8. The Hall–Kier alpha value is 0.630. The van der Waals surface area contributed by atoms with Gasteiger partial charge in [0.1, 0.15) is 26.2 Å². The van der Waals surface area contributed by atoms with E-state index in [-0.39, 0.29) is 0 Å². The summed E-state index contributed by atoms with van der Waals surface area (Å²) in [7, 11) is -4.19. The van der Waals surface area contributed by atoms with Crippen molar-refractivity contribution in [3.63, 3.8) is 0 Å². The van der Waals surface area contributed by atoms with Gasteiger partial charge in [0.2, 0.25) is 6.67 Å². The standard InChI is InChI=1S/C9H18Cl2N2.ClH3O4/c10-1-3-12-5-7-13(9-12,4-2-11)8-6-12;2-1(3,4)5/h1-9H2;2-4H/q+2;. The molecule has 0 amide bonds. The molecule has 0 atom stereocenters. The summed E-state index contributed by atoms with van der Waals surface area (Å²) >= 11 is 11.7. The number of hydrogen-bond acceptors (Lipinski definition) is 4. The Kier molecular flexibility index (Phi) is 5.92. The fourth-order valence-corrected chi connectivity index (χ4v) is 3.66. The Labute approximate surface area is 119 Å². The van der Waals surface area contributed by atoms with Crippen LogP contribution in [0.4, 0.5) is 0 Å². The molecule has 9 heteroatoms. The number of piperazine rings is 1. The van der Waals surface area contributed by atoms with E-state index in [0.29, 0.717) is 0 Å². The van der Waals surface area contributed by atoms with Crippen LogP contribution in [0, 0.1) is 10.2 Å². The zero-order chi connectivity index (χ0) is 13.9. The SMILES string of the molecule is ClCC[N+]12CC[N+](CCCl)(CC1)C2.[O-][Cl+](O)(O)O. The van der Waals surface area contributed by atoms with Gasteiger partial charge in [0.15, 0.2) is 0 Å². The van der Waals surface area contributed by atoms with Crippen LogP contribution in [0.2, 0.25) is 0 Å². The molecule has 0 spiro atoms. The van der Waals surface area contributed by atoms with Crippen LogP contribution in [0.25, 0.3) is 0 Å². The topological polar surface area (TPSA) is 83.8 Å². The fourth-order valence-electron chi connectivity index (χ4n) is 2.94. The Morgan fingerprint density at radius 3 is 1.39 bits per heavy atom. The maximum absolute atomic E-state index is 8.83. The first-order valence-corrected chi connectivity index (χ1v) is 8.12. The number of alkyl halides is 2. The first kappa shape index (κ1) is 16.7. The van der Waals surface area contributed by atoms with Crippen molar-refractivity contribution in [2.24, 2.45) is 0 Å². The van der Waals surface area contributed by atoms with Gasteiger partial charge in [-0.2, -0.15) is 0 Å². The number of hydrogen-bond donors (Lipinski definition) is 3. The van der Waals surface area contributed by atoms with Crippen molar-refractivity contribution in [2.45, 2.75) is 0 Å². The Morgan fingerprint density at radius 2 is 1.17 bits per heavy atom. The first-order chi connectivity index (χ1) is 8.24. The van der Waals surface area contributed by atoms with Crippen LogP contribution in [0.5, 0.6) is 0 Å². The molecule has 6 nitrogen and oxygen atoms in total. The number of nitrogens with zero attached hydrogens (tertiary/aromatic N) is 2. The molecule has 2 bridgehead atoms. The summed E-state index contributed by atoms with van der Waals surface area (Å²) in [5.74, 6) is 1.61. The third kappa shape index (κ3) is 4.96. The van der Waals surface area contributed by atoms with E-state index in [1.54, 1.807) is 0 Å². The molecule has 2 rings (SSSR count). The van der Waals surface area contributed by atoms with Gasteiger partial charge in [0.05, 0.1) is 24.8 Å². The molecular formula is C9H21Cl3N2O4+2. The average molecular weight is 328 g/mol. The second-order valence-electron chi connectivity index (χ2n) is 4.98. The monoisotopic (exact) mass is 326 g/mol. The van der Waals surface area contributed by atoms with E-state index < -0.39 is 10.2 Å². The minimum atomic E-state index is -4.19. The molecule has 3 N–H and O–H groups in total. The zero-order valence-corrected chi connectivity index (χ0v) is 12.4. The molecule has 0 saturated carbocycles. The van der Waals surface area contributed by atoms with Gasteiger partial charge in [-0.15, -0.1) is 23.2 Å². The molecular weight excluding hydrogens is 306 g/mol. The van der Waals surface area contributed by atoms with E-state index in [2.05, 4.69) is 0 Å². The molecule has 0 radical (unpaired) electrons. The van der Waals surface area contributed by atoms with Crippen LogP contribution in [-0.2, 0) is 0 Å².